The zero-order chi connectivity index (χ0) is 13.2. The zero-order valence-corrected chi connectivity index (χ0v) is 12.2. The van der Waals surface area contributed by atoms with E-state index in [2.05, 4.69) is 33.4 Å². The van der Waals surface area contributed by atoms with Gasteiger partial charge in [0.05, 0.1) is 11.1 Å². The lowest BCUT2D eigenvalue weighted by Gasteiger charge is -2.02. The molecule has 0 aromatic heterocycles. The van der Waals surface area contributed by atoms with Crippen molar-refractivity contribution < 1.29 is 9.13 Å². The van der Waals surface area contributed by atoms with Gasteiger partial charge in [0.15, 0.2) is 0 Å². The third-order valence-corrected chi connectivity index (χ3v) is 3.39. The van der Waals surface area contributed by atoms with Gasteiger partial charge in [-0.15, -0.1) is 0 Å². The van der Waals surface area contributed by atoms with Crippen LogP contribution in [0.15, 0.2) is 34.8 Å². The second-order valence-electron chi connectivity index (χ2n) is 3.92. The molecule has 1 rings (SSSR count). The maximum atomic E-state index is 13.2. The molecule has 4 heteroatoms. The minimum absolute atomic E-state index is 0.206. The van der Waals surface area contributed by atoms with Crippen LogP contribution in [0.25, 0.3) is 0 Å². The number of ether oxygens (including phenoxy) is 1. The van der Waals surface area contributed by atoms with E-state index in [9.17, 15) is 4.39 Å². The average molecular weight is 316 g/mol. The van der Waals surface area contributed by atoms with E-state index in [0.29, 0.717) is 4.47 Å². The van der Waals surface area contributed by atoms with Gasteiger partial charge in [-0.25, -0.2) is 4.39 Å². The molecule has 1 aromatic carbocycles. The van der Waals surface area contributed by atoms with E-state index in [1.807, 2.05) is 6.07 Å². The standard InChI is InChI=1S/C14H19BrFNO/c1-18-11-10-17-9-4-2-3-6-12-7-5-8-13(16)14(12)15/h2-3,5,7-8,17H,4,6,9-11H2,1H3/b3-2+. The summed E-state index contributed by atoms with van der Waals surface area (Å²) < 4.78 is 18.7. The molecule has 0 bridgehead atoms. The summed E-state index contributed by atoms with van der Waals surface area (Å²) >= 11 is 3.26. The lowest BCUT2D eigenvalue weighted by Crippen LogP contribution is -2.19. The Labute approximate surface area is 116 Å². The highest BCUT2D eigenvalue weighted by Gasteiger charge is 2.02. The van der Waals surface area contributed by atoms with Gasteiger partial charge in [-0.2, -0.15) is 0 Å². The predicted molar refractivity (Wildman–Crippen MR) is 76.3 cm³/mol. The van der Waals surface area contributed by atoms with Crippen molar-refractivity contribution in [1.29, 1.82) is 0 Å². The first-order chi connectivity index (χ1) is 8.75. The predicted octanol–water partition coefficient (Wildman–Crippen LogP) is 3.31. The van der Waals surface area contributed by atoms with Crippen LogP contribution in [-0.2, 0) is 11.2 Å². The third-order valence-electron chi connectivity index (χ3n) is 2.51. The lowest BCUT2D eigenvalue weighted by atomic mass is 10.1. The van der Waals surface area contributed by atoms with Crippen molar-refractivity contribution in [3.63, 3.8) is 0 Å². The van der Waals surface area contributed by atoms with Crippen molar-refractivity contribution in [3.8, 4) is 0 Å². The topological polar surface area (TPSA) is 21.3 Å². The van der Waals surface area contributed by atoms with Gasteiger partial charge in [-0.3, -0.25) is 0 Å². The number of nitrogens with one attached hydrogen (secondary N) is 1. The van der Waals surface area contributed by atoms with Crippen LogP contribution in [-0.4, -0.2) is 26.8 Å². The Balaban J connectivity index is 2.22. The molecule has 0 saturated carbocycles. The minimum Gasteiger partial charge on any atom is -0.383 e. The van der Waals surface area contributed by atoms with E-state index < -0.39 is 0 Å². The van der Waals surface area contributed by atoms with Gasteiger partial charge in [0.2, 0.25) is 0 Å². The number of hydrogen-bond donors (Lipinski definition) is 1. The molecule has 0 amide bonds. The molecule has 0 atom stereocenters. The monoisotopic (exact) mass is 315 g/mol. The average Bonchev–Trinajstić information content (AvgIpc) is 2.37. The van der Waals surface area contributed by atoms with Crippen LogP contribution in [0.3, 0.4) is 0 Å². The molecule has 0 aliphatic carbocycles. The molecule has 0 unspecified atom stereocenters. The first-order valence-corrected chi connectivity index (χ1v) is 6.82. The molecule has 100 valence electrons. The molecule has 0 spiro atoms. The molecular formula is C14H19BrFNO. The summed E-state index contributed by atoms with van der Waals surface area (Å²) in [6.07, 6.45) is 5.89. The highest BCUT2D eigenvalue weighted by molar-refractivity contribution is 9.10. The molecule has 0 aliphatic heterocycles. The normalized spacial score (nSPS) is 11.3. The molecule has 0 saturated heterocycles. The van der Waals surface area contributed by atoms with Crippen LogP contribution >= 0.6 is 15.9 Å². The van der Waals surface area contributed by atoms with Gasteiger partial charge in [0, 0.05) is 13.7 Å². The Morgan fingerprint density at radius 2 is 2.17 bits per heavy atom. The first kappa shape index (κ1) is 15.3. The molecule has 0 heterocycles. The van der Waals surface area contributed by atoms with E-state index >= 15 is 0 Å². The van der Waals surface area contributed by atoms with Crippen LogP contribution in [0.5, 0.6) is 0 Å². The number of halogens is 2. The van der Waals surface area contributed by atoms with Crippen LogP contribution in [0, 0.1) is 5.82 Å². The van der Waals surface area contributed by atoms with Crippen LogP contribution in [0.1, 0.15) is 12.0 Å². The van der Waals surface area contributed by atoms with Gasteiger partial charge in [-0.1, -0.05) is 24.3 Å². The molecular weight excluding hydrogens is 297 g/mol. The second-order valence-corrected chi connectivity index (χ2v) is 4.71. The van der Waals surface area contributed by atoms with Gasteiger partial charge in [-0.05, 0) is 46.9 Å². The van der Waals surface area contributed by atoms with Crippen molar-refractivity contribution >= 4 is 15.9 Å². The summed E-state index contributed by atoms with van der Waals surface area (Å²) in [6.45, 7) is 2.55. The fourth-order valence-electron chi connectivity index (χ4n) is 1.52. The van der Waals surface area contributed by atoms with Crippen molar-refractivity contribution in [2.75, 3.05) is 26.8 Å². The number of hydrogen-bond acceptors (Lipinski definition) is 2. The quantitative estimate of drug-likeness (QED) is 0.587. The number of benzene rings is 1. The largest absolute Gasteiger partial charge is 0.383 e. The SMILES string of the molecule is COCCNCC/C=C/Cc1cccc(F)c1Br. The highest BCUT2D eigenvalue weighted by Crippen LogP contribution is 2.20. The summed E-state index contributed by atoms with van der Waals surface area (Å²) in [5, 5.41) is 3.26. The molecule has 1 N–H and O–H groups in total. The van der Waals surface area contributed by atoms with Crippen molar-refractivity contribution in [3.05, 3.63) is 46.2 Å². The zero-order valence-electron chi connectivity index (χ0n) is 10.6. The Hall–Kier alpha value is -0.710. The molecule has 2 nitrogen and oxygen atoms in total. The summed E-state index contributed by atoms with van der Waals surface area (Å²) in [4.78, 5) is 0. The summed E-state index contributed by atoms with van der Waals surface area (Å²) in [7, 11) is 1.69. The van der Waals surface area contributed by atoms with Crippen molar-refractivity contribution in [1.82, 2.24) is 5.32 Å². The van der Waals surface area contributed by atoms with E-state index in [1.165, 1.54) is 6.07 Å². The maximum Gasteiger partial charge on any atom is 0.137 e. The van der Waals surface area contributed by atoms with Crippen molar-refractivity contribution in [2.45, 2.75) is 12.8 Å². The van der Waals surface area contributed by atoms with Crippen molar-refractivity contribution in [2.24, 2.45) is 0 Å². The van der Waals surface area contributed by atoms with E-state index in [0.717, 1.165) is 38.1 Å². The Morgan fingerprint density at radius 1 is 1.33 bits per heavy atom. The van der Waals surface area contributed by atoms with Crippen LogP contribution in [0.2, 0.25) is 0 Å². The number of allylic oxidation sites excluding steroid dienone is 1. The van der Waals surface area contributed by atoms with Gasteiger partial charge >= 0.3 is 0 Å². The molecule has 18 heavy (non-hydrogen) atoms. The first-order valence-electron chi connectivity index (χ1n) is 6.03. The molecule has 0 radical (unpaired) electrons. The van der Waals surface area contributed by atoms with E-state index in [4.69, 9.17) is 4.74 Å². The second kappa shape index (κ2) is 9.25. The summed E-state index contributed by atoms with van der Waals surface area (Å²) in [5.74, 6) is -0.206. The van der Waals surface area contributed by atoms with Crippen LogP contribution < -0.4 is 5.32 Å². The molecule has 0 fully saturated rings. The van der Waals surface area contributed by atoms with Gasteiger partial charge in [0.25, 0.3) is 0 Å². The minimum atomic E-state index is -0.206. The van der Waals surface area contributed by atoms with E-state index in [-0.39, 0.29) is 5.82 Å². The van der Waals surface area contributed by atoms with Crippen LogP contribution in [0.4, 0.5) is 4.39 Å². The fourth-order valence-corrected chi connectivity index (χ4v) is 1.95. The lowest BCUT2D eigenvalue weighted by molar-refractivity contribution is 0.199. The Bertz CT molecular complexity index is 382. The number of rotatable bonds is 8. The fraction of sp³-hybridized carbons (Fsp3) is 0.429. The molecule has 1 aromatic rings. The van der Waals surface area contributed by atoms with Gasteiger partial charge in [0.1, 0.15) is 5.82 Å². The summed E-state index contributed by atoms with van der Waals surface area (Å²) in [5.41, 5.74) is 0.971. The van der Waals surface area contributed by atoms with E-state index in [1.54, 1.807) is 13.2 Å². The third kappa shape index (κ3) is 5.76. The highest BCUT2D eigenvalue weighted by atomic mass is 79.9. The van der Waals surface area contributed by atoms with Gasteiger partial charge < -0.3 is 10.1 Å². The summed E-state index contributed by atoms with van der Waals surface area (Å²) in [6, 6.07) is 5.11. The smallest absolute Gasteiger partial charge is 0.137 e. The Kier molecular flexibility index (Phi) is 7.89. The number of methoxy groups -OCH3 is 1. The Morgan fingerprint density at radius 3 is 2.94 bits per heavy atom. The maximum absolute atomic E-state index is 13.2. The molecule has 0 aliphatic rings.